The molecule has 2 aromatic heterocycles. The second-order valence-electron chi connectivity index (χ2n) is 7.87. The number of aryl methyl sites for hydroxylation is 1. The molecule has 8 heteroatoms. The van der Waals surface area contributed by atoms with Gasteiger partial charge in [-0.1, -0.05) is 29.8 Å². The molecule has 4 aromatic rings. The van der Waals surface area contributed by atoms with Crippen LogP contribution in [0.5, 0.6) is 5.75 Å². The van der Waals surface area contributed by atoms with Crippen molar-refractivity contribution in [1.82, 2.24) is 4.98 Å². The molecular formula is C26H19ClN2O5. The molecule has 0 radical (unpaired) electrons. The minimum atomic E-state index is -0.872. The van der Waals surface area contributed by atoms with Crippen LogP contribution in [0.25, 0.3) is 11.0 Å². The SMILES string of the molecule is COc1cc(Cl)cc2cc(C(=O)C3=C(O)C(=O)N(c4ccccc4C)C3c3ccncc3)oc12. The van der Waals surface area contributed by atoms with Gasteiger partial charge in [-0.05, 0) is 48.4 Å². The number of carbonyl (C=O) groups is 2. The number of hydrogen-bond donors (Lipinski definition) is 1. The van der Waals surface area contributed by atoms with E-state index in [9.17, 15) is 14.7 Å². The Balaban J connectivity index is 1.68. The highest BCUT2D eigenvalue weighted by Gasteiger charge is 2.45. The van der Waals surface area contributed by atoms with Gasteiger partial charge in [0.05, 0.1) is 18.7 Å². The minimum Gasteiger partial charge on any atom is -0.503 e. The number of aliphatic hydroxyl groups is 1. The molecule has 1 aliphatic heterocycles. The number of ether oxygens (including phenoxy) is 1. The number of aliphatic hydroxyl groups excluding tert-OH is 1. The molecule has 5 rings (SSSR count). The topological polar surface area (TPSA) is 92.9 Å². The van der Waals surface area contributed by atoms with Crippen molar-refractivity contribution in [3.05, 3.63) is 100 Å². The summed E-state index contributed by atoms with van der Waals surface area (Å²) in [6, 6.07) is 14.6. The molecule has 0 bridgehead atoms. The molecular weight excluding hydrogens is 456 g/mol. The van der Waals surface area contributed by atoms with Crippen molar-refractivity contribution in [2.75, 3.05) is 12.0 Å². The maximum Gasteiger partial charge on any atom is 0.294 e. The molecule has 1 amide bonds. The first-order valence-electron chi connectivity index (χ1n) is 10.4. The van der Waals surface area contributed by atoms with Gasteiger partial charge in [0.15, 0.2) is 22.9 Å². The Morgan fingerprint density at radius 2 is 1.88 bits per heavy atom. The summed E-state index contributed by atoms with van der Waals surface area (Å²) < 4.78 is 11.2. The summed E-state index contributed by atoms with van der Waals surface area (Å²) in [5.74, 6) is -1.58. The zero-order chi connectivity index (χ0) is 24.0. The molecule has 3 heterocycles. The first-order valence-corrected chi connectivity index (χ1v) is 10.8. The van der Waals surface area contributed by atoms with Crippen LogP contribution in [-0.2, 0) is 4.79 Å². The molecule has 0 spiro atoms. The Morgan fingerprint density at radius 1 is 1.15 bits per heavy atom. The van der Waals surface area contributed by atoms with Gasteiger partial charge in [0.1, 0.15) is 0 Å². The highest BCUT2D eigenvalue weighted by Crippen LogP contribution is 2.43. The fraction of sp³-hybridized carbons (Fsp3) is 0.115. The first-order chi connectivity index (χ1) is 16.4. The van der Waals surface area contributed by atoms with E-state index >= 15 is 0 Å². The summed E-state index contributed by atoms with van der Waals surface area (Å²) in [7, 11) is 1.47. The fourth-order valence-corrected chi connectivity index (χ4v) is 4.48. The summed E-state index contributed by atoms with van der Waals surface area (Å²) in [5, 5.41) is 11.9. The molecule has 0 fully saturated rings. The molecule has 1 N–H and O–H groups in total. The van der Waals surface area contributed by atoms with E-state index < -0.39 is 23.5 Å². The maximum absolute atomic E-state index is 13.7. The van der Waals surface area contributed by atoms with Crippen molar-refractivity contribution >= 4 is 39.9 Å². The fourth-order valence-electron chi connectivity index (χ4n) is 4.26. The summed E-state index contributed by atoms with van der Waals surface area (Å²) in [6.07, 6.45) is 3.14. The number of methoxy groups -OCH3 is 1. The standard InChI is InChI=1S/C26H19ClN2O5/c1-14-5-3-4-6-18(14)29-22(15-7-9-28-10-8-15)21(24(31)26(29)32)23(30)19-12-16-11-17(27)13-20(33-2)25(16)34-19/h3-13,22,31H,1-2H3. The number of ketones is 1. The zero-order valence-electron chi connectivity index (χ0n) is 18.3. The number of benzene rings is 2. The van der Waals surface area contributed by atoms with Gasteiger partial charge in [-0.2, -0.15) is 0 Å². The molecule has 170 valence electrons. The van der Waals surface area contributed by atoms with E-state index in [4.69, 9.17) is 20.8 Å². The lowest BCUT2D eigenvalue weighted by Crippen LogP contribution is -2.31. The predicted molar refractivity (Wildman–Crippen MR) is 127 cm³/mol. The van der Waals surface area contributed by atoms with Crippen molar-refractivity contribution in [1.29, 1.82) is 0 Å². The largest absolute Gasteiger partial charge is 0.503 e. The van der Waals surface area contributed by atoms with E-state index in [2.05, 4.69) is 4.98 Å². The molecule has 0 saturated heterocycles. The minimum absolute atomic E-state index is 0.0457. The Labute approximate surface area is 199 Å². The number of Topliss-reactive ketones (excluding diaryl/α,β-unsaturated/α-hetero) is 1. The van der Waals surface area contributed by atoms with Crippen LogP contribution in [-0.4, -0.2) is 28.9 Å². The third-order valence-electron chi connectivity index (χ3n) is 5.84. The van der Waals surface area contributed by atoms with Gasteiger partial charge >= 0.3 is 0 Å². The molecule has 0 saturated carbocycles. The van der Waals surface area contributed by atoms with Gasteiger partial charge in [0.2, 0.25) is 5.78 Å². The normalized spacial score (nSPS) is 15.9. The quantitative estimate of drug-likeness (QED) is 0.379. The monoisotopic (exact) mass is 474 g/mol. The van der Waals surface area contributed by atoms with Gasteiger partial charge in [-0.25, -0.2) is 0 Å². The van der Waals surface area contributed by atoms with E-state index in [1.807, 2.05) is 19.1 Å². The van der Waals surface area contributed by atoms with Crippen molar-refractivity contribution in [3.63, 3.8) is 0 Å². The number of fused-ring (bicyclic) bond motifs is 1. The number of para-hydroxylation sites is 1. The van der Waals surface area contributed by atoms with Crippen LogP contribution in [0.2, 0.25) is 5.02 Å². The molecule has 0 aliphatic carbocycles. The Hall–Kier alpha value is -4.10. The molecule has 1 unspecified atom stereocenters. The molecule has 34 heavy (non-hydrogen) atoms. The number of nitrogens with zero attached hydrogens (tertiary/aromatic N) is 2. The number of aromatic nitrogens is 1. The number of furan rings is 1. The van der Waals surface area contributed by atoms with Crippen LogP contribution in [0, 0.1) is 6.92 Å². The Kier molecular flexibility index (Phi) is 5.34. The number of anilines is 1. The van der Waals surface area contributed by atoms with Crippen LogP contribution in [0.1, 0.15) is 27.7 Å². The number of carbonyl (C=O) groups excluding carboxylic acids is 2. The second kappa shape index (κ2) is 8.35. The smallest absolute Gasteiger partial charge is 0.294 e. The van der Waals surface area contributed by atoms with E-state index in [1.165, 1.54) is 18.1 Å². The van der Waals surface area contributed by atoms with Crippen molar-refractivity contribution in [2.24, 2.45) is 0 Å². The van der Waals surface area contributed by atoms with Gasteiger partial charge in [-0.3, -0.25) is 19.5 Å². The predicted octanol–water partition coefficient (Wildman–Crippen LogP) is 5.58. The number of pyridine rings is 1. The molecule has 1 aliphatic rings. The van der Waals surface area contributed by atoms with Crippen molar-refractivity contribution < 1.29 is 23.8 Å². The third kappa shape index (κ3) is 3.41. The Bertz CT molecular complexity index is 1480. The number of hydrogen-bond acceptors (Lipinski definition) is 6. The highest BCUT2D eigenvalue weighted by molar-refractivity contribution is 6.31. The van der Waals surface area contributed by atoms with Crippen LogP contribution in [0.3, 0.4) is 0 Å². The van der Waals surface area contributed by atoms with E-state index in [0.29, 0.717) is 33.0 Å². The van der Waals surface area contributed by atoms with Crippen LogP contribution < -0.4 is 9.64 Å². The second-order valence-corrected chi connectivity index (χ2v) is 8.31. The van der Waals surface area contributed by atoms with Gasteiger partial charge in [0, 0.05) is 34.6 Å². The third-order valence-corrected chi connectivity index (χ3v) is 6.06. The lowest BCUT2D eigenvalue weighted by Gasteiger charge is -2.27. The highest BCUT2D eigenvalue weighted by atomic mass is 35.5. The molecule has 1 atom stereocenters. The van der Waals surface area contributed by atoms with E-state index in [-0.39, 0.29) is 11.3 Å². The van der Waals surface area contributed by atoms with Crippen LogP contribution in [0.15, 0.2) is 82.7 Å². The Morgan fingerprint density at radius 3 is 2.59 bits per heavy atom. The van der Waals surface area contributed by atoms with Crippen molar-refractivity contribution in [3.8, 4) is 5.75 Å². The number of rotatable bonds is 5. The van der Waals surface area contributed by atoms with Gasteiger partial charge in [0.25, 0.3) is 5.91 Å². The number of amides is 1. The van der Waals surface area contributed by atoms with Gasteiger partial charge in [-0.15, -0.1) is 0 Å². The van der Waals surface area contributed by atoms with E-state index in [0.717, 1.165) is 5.56 Å². The summed E-state index contributed by atoms with van der Waals surface area (Å²) in [4.78, 5) is 32.5. The summed E-state index contributed by atoms with van der Waals surface area (Å²) in [6.45, 7) is 1.86. The van der Waals surface area contributed by atoms with Crippen LogP contribution in [0.4, 0.5) is 5.69 Å². The summed E-state index contributed by atoms with van der Waals surface area (Å²) in [5.41, 5.74) is 2.29. The van der Waals surface area contributed by atoms with Crippen molar-refractivity contribution in [2.45, 2.75) is 13.0 Å². The molecule has 7 nitrogen and oxygen atoms in total. The zero-order valence-corrected chi connectivity index (χ0v) is 19.0. The summed E-state index contributed by atoms with van der Waals surface area (Å²) >= 11 is 6.15. The van der Waals surface area contributed by atoms with E-state index in [1.54, 1.807) is 48.8 Å². The maximum atomic E-state index is 13.7. The average Bonchev–Trinajstić information content (AvgIpc) is 3.38. The first kappa shape index (κ1) is 21.7. The van der Waals surface area contributed by atoms with Gasteiger partial charge < -0.3 is 14.3 Å². The lowest BCUT2D eigenvalue weighted by atomic mass is 9.95. The van der Waals surface area contributed by atoms with Crippen LogP contribution >= 0.6 is 11.6 Å². The number of halogens is 1. The average molecular weight is 475 g/mol. The molecule has 2 aromatic carbocycles. The lowest BCUT2D eigenvalue weighted by molar-refractivity contribution is -0.117.